The minimum atomic E-state index is -4.51. The van der Waals surface area contributed by atoms with Gasteiger partial charge in [0.05, 0.1) is 23.8 Å². The lowest BCUT2D eigenvalue weighted by Crippen LogP contribution is -2.58. The highest BCUT2D eigenvalue weighted by atomic mass is 19.4. The van der Waals surface area contributed by atoms with Crippen LogP contribution in [0, 0.1) is 52.3 Å². The van der Waals surface area contributed by atoms with Crippen LogP contribution in [0.25, 0.3) is 0 Å². The van der Waals surface area contributed by atoms with E-state index in [-0.39, 0.29) is 40.4 Å². The van der Waals surface area contributed by atoms with Crippen molar-refractivity contribution in [1.29, 1.82) is 0 Å². The molecular weight excluding hydrogens is 557 g/mol. The van der Waals surface area contributed by atoms with Crippen molar-refractivity contribution in [3.63, 3.8) is 0 Å². The Morgan fingerprint density at radius 3 is 2.53 bits per heavy atom. The van der Waals surface area contributed by atoms with Gasteiger partial charge in [-0.2, -0.15) is 13.2 Å². The van der Waals surface area contributed by atoms with Crippen LogP contribution < -0.4 is 0 Å². The van der Waals surface area contributed by atoms with Crippen molar-refractivity contribution in [3.05, 3.63) is 35.4 Å². The summed E-state index contributed by atoms with van der Waals surface area (Å²) in [6, 6.07) is 4.46. The topological polar surface area (TPSA) is 61.8 Å². The Kier molecular flexibility index (Phi) is 6.95. The molecule has 7 rings (SSSR count). The van der Waals surface area contributed by atoms with Gasteiger partial charge in [-0.3, -0.25) is 4.79 Å². The van der Waals surface area contributed by atoms with Gasteiger partial charge in [0.1, 0.15) is 11.9 Å². The first-order valence-electron chi connectivity index (χ1n) is 16.5. The van der Waals surface area contributed by atoms with Gasteiger partial charge >= 0.3 is 12.1 Å². The summed E-state index contributed by atoms with van der Waals surface area (Å²) in [6.07, 6.45) is 3.05. The first-order chi connectivity index (χ1) is 20.3. The van der Waals surface area contributed by atoms with Gasteiger partial charge in [-0.15, -0.1) is 0 Å². The van der Waals surface area contributed by atoms with Crippen molar-refractivity contribution >= 4 is 11.8 Å². The summed E-state index contributed by atoms with van der Waals surface area (Å²) in [6.45, 7) is 9.78. The van der Waals surface area contributed by atoms with Gasteiger partial charge in [0.25, 0.3) is 0 Å². The predicted octanol–water partition coefficient (Wildman–Crippen LogP) is 7.86. The highest BCUT2D eigenvalue weighted by molar-refractivity contribution is 5.90. The van der Waals surface area contributed by atoms with E-state index < -0.39 is 23.5 Å². The molecule has 43 heavy (non-hydrogen) atoms. The monoisotopic (exact) mass is 602 g/mol. The van der Waals surface area contributed by atoms with E-state index in [1.165, 1.54) is 12.1 Å². The number of esters is 1. The van der Waals surface area contributed by atoms with Crippen LogP contribution in [0.5, 0.6) is 0 Å². The second-order valence-electron chi connectivity index (χ2n) is 15.4. The largest absolute Gasteiger partial charge is 0.459 e. The van der Waals surface area contributed by atoms with Crippen LogP contribution in [0.2, 0.25) is 0 Å². The zero-order valence-corrected chi connectivity index (χ0v) is 25.8. The number of hydrogen-bond acceptors (Lipinski definition) is 5. The molecule has 2 saturated heterocycles. The Bertz CT molecular complexity index is 1290. The average molecular weight is 603 g/mol. The highest BCUT2D eigenvalue weighted by Crippen LogP contribution is 2.70. The van der Waals surface area contributed by atoms with Gasteiger partial charge in [0, 0.05) is 30.1 Å². The van der Waals surface area contributed by atoms with Crippen molar-refractivity contribution in [2.75, 3.05) is 6.61 Å². The predicted molar refractivity (Wildman–Crippen MR) is 153 cm³/mol. The van der Waals surface area contributed by atoms with Crippen LogP contribution in [0.1, 0.15) is 101 Å². The summed E-state index contributed by atoms with van der Waals surface area (Å²) in [5.74, 6) is 1.47. The van der Waals surface area contributed by atoms with Crippen LogP contribution >= 0.6 is 0 Å². The van der Waals surface area contributed by atoms with Gasteiger partial charge < -0.3 is 14.2 Å². The number of fused-ring (bicyclic) bond motifs is 7. The molecule has 0 amide bonds. The summed E-state index contributed by atoms with van der Waals surface area (Å²) in [5.41, 5.74) is -1.32. The van der Waals surface area contributed by atoms with Gasteiger partial charge in [-0.1, -0.05) is 33.8 Å². The Hall–Kier alpha value is -1.93. The molecule has 4 saturated carbocycles. The number of halogens is 3. The van der Waals surface area contributed by atoms with Gasteiger partial charge in [0.15, 0.2) is 5.79 Å². The van der Waals surface area contributed by atoms with Crippen molar-refractivity contribution < 1.29 is 37.0 Å². The first-order valence-corrected chi connectivity index (χ1v) is 16.5. The van der Waals surface area contributed by atoms with Crippen LogP contribution in [-0.2, 0) is 25.2 Å². The number of hydrogen-bond donors (Lipinski definition) is 0. The average Bonchev–Trinajstić information content (AvgIpc) is 3.41. The quantitative estimate of drug-likeness (QED) is 0.323. The molecule has 12 atom stereocenters. The molecule has 236 valence electrons. The van der Waals surface area contributed by atoms with E-state index >= 15 is 0 Å². The second-order valence-corrected chi connectivity index (χ2v) is 15.4. The molecule has 1 aromatic carbocycles. The van der Waals surface area contributed by atoms with E-state index in [0.29, 0.717) is 54.6 Å². The highest BCUT2D eigenvalue weighted by Gasteiger charge is 2.71. The van der Waals surface area contributed by atoms with Crippen LogP contribution in [0.3, 0.4) is 0 Å². The maximum Gasteiger partial charge on any atom is 0.416 e. The van der Waals surface area contributed by atoms with Crippen molar-refractivity contribution in [3.8, 4) is 0 Å². The molecule has 4 aliphatic carbocycles. The van der Waals surface area contributed by atoms with Gasteiger partial charge in [-0.05, 0) is 98.1 Å². The maximum absolute atomic E-state index is 14.3. The van der Waals surface area contributed by atoms with E-state index in [0.717, 1.165) is 57.3 Å². The molecular formula is C35H45F3O5. The minimum absolute atomic E-state index is 0.0208. The Labute approximate surface area is 252 Å². The molecule has 1 aromatic rings. The van der Waals surface area contributed by atoms with Crippen molar-refractivity contribution in [2.45, 2.75) is 110 Å². The summed E-state index contributed by atoms with van der Waals surface area (Å²) >= 11 is 0. The normalized spacial score (nSPS) is 47.4. The Morgan fingerprint density at radius 1 is 1.02 bits per heavy atom. The van der Waals surface area contributed by atoms with Crippen LogP contribution in [0.4, 0.5) is 13.2 Å². The number of carbonyl (C=O) groups excluding carboxylic acids is 2. The fourth-order valence-corrected chi connectivity index (χ4v) is 11.1. The zero-order valence-electron chi connectivity index (χ0n) is 25.8. The molecule has 0 bridgehead atoms. The number of benzene rings is 1. The number of Topliss-reactive ketones (excluding diaryl/α,β-unsaturated/α-hetero) is 1. The number of ketones is 1. The third-order valence-corrected chi connectivity index (χ3v) is 13.5. The molecule has 1 spiro atoms. The van der Waals surface area contributed by atoms with Crippen molar-refractivity contribution in [1.82, 2.24) is 0 Å². The maximum atomic E-state index is 14.3. The smallest absolute Gasteiger partial charge is 0.416 e. The lowest BCUT2D eigenvalue weighted by molar-refractivity contribution is -0.272. The van der Waals surface area contributed by atoms with Crippen molar-refractivity contribution in [2.24, 2.45) is 52.3 Å². The van der Waals surface area contributed by atoms with E-state index in [1.807, 2.05) is 0 Å². The molecule has 0 unspecified atom stereocenters. The molecule has 5 nitrogen and oxygen atoms in total. The molecule has 2 heterocycles. The van der Waals surface area contributed by atoms with E-state index in [9.17, 15) is 22.8 Å². The van der Waals surface area contributed by atoms with Crippen LogP contribution in [0.15, 0.2) is 24.3 Å². The summed E-state index contributed by atoms with van der Waals surface area (Å²) in [5, 5.41) is 0. The van der Waals surface area contributed by atoms with E-state index in [2.05, 4.69) is 27.7 Å². The molecule has 0 aromatic heterocycles. The molecule has 8 heteroatoms. The van der Waals surface area contributed by atoms with Gasteiger partial charge in [-0.25, -0.2) is 4.79 Å². The number of carbonyl (C=O) groups is 2. The van der Waals surface area contributed by atoms with E-state index in [4.69, 9.17) is 14.2 Å². The summed E-state index contributed by atoms with van der Waals surface area (Å²) in [4.78, 5) is 27.2. The fraction of sp³-hybridized carbons (Fsp3) is 0.771. The Balaban J connectivity index is 1.05. The lowest BCUT2D eigenvalue weighted by atomic mass is 9.44. The molecule has 6 fully saturated rings. The standard InChI is InChI=1S/C35H45F3O5/c1-19-10-13-34(41-18-19)20(2)30-28(43-34)16-27-25-9-8-22-15-24(11-12-32(22,3)26(25)17-29(39)33(27,30)4)42-31(40)21-6-5-7-23(14-21)35(36,37)38/h5-7,14,19-20,22,24-28,30H,8-13,15-18H2,1-4H3/t19-,20+,22+,24+,25-,26+,27+,28+,30+,32+,33-,34-/m1/s1. The van der Waals surface area contributed by atoms with E-state index in [1.54, 1.807) is 0 Å². The minimum Gasteiger partial charge on any atom is -0.459 e. The third-order valence-electron chi connectivity index (χ3n) is 13.5. The zero-order chi connectivity index (χ0) is 30.5. The molecule has 6 aliphatic rings. The van der Waals surface area contributed by atoms with Crippen LogP contribution in [-0.4, -0.2) is 36.4 Å². The third kappa shape index (κ3) is 4.46. The fourth-order valence-electron chi connectivity index (χ4n) is 11.1. The van der Waals surface area contributed by atoms with Gasteiger partial charge in [0.2, 0.25) is 0 Å². The SMILES string of the molecule is C[C@@H]1CC[C@@]2(OC1)O[C@H]1C[C@H]3[C@@H]4CC[C@H]5C[C@@H](OC(=O)c6cccc(C(F)(F)F)c6)CC[C@]5(C)[C@H]4CC(=O)[C@]3(C)[C@H]1[C@@H]2C. The second kappa shape index (κ2) is 10.0. The molecule has 2 aliphatic heterocycles. The molecule has 0 radical (unpaired) electrons. The molecule has 0 N–H and O–H groups in total. The lowest BCUT2D eigenvalue weighted by Gasteiger charge is -2.60. The Morgan fingerprint density at radius 2 is 1.81 bits per heavy atom. The number of alkyl halides is 3. The first kappa shape index (κ1) is 29.8. The number of ether oxygens (including phenoxy) is 3. The summed E-state index contributed by atoms with van der Waals surface area (Å²) in [7, 11) is 0. The summed E-state index contributed by atoms with van der Waals surface area (Å²) < 4.78 is 58.6. The number of rotatable bonds is 2.